The van der Waals surface area contributed by atoms with Crippen molar-refractivity contribution in [3.8, 4) is 0 Å². The van der Waals surface area contributed by atoms with Crippen LogP contribution in [-0.2, 0) is 15.9 Å². The molecule has 0 radical (unpaired) electrons. The maximum Gasteiger partial charge on any atom is 0.247 e. The van der Waals surface area contributed by atoms with Crippen LogP contribution in [0.15, 0.2) is 20.0 Å². The first kappa shape index (κ1) is 16.7. The molecule has 0 unspecified atom stereocenters. The van der Waals surface area contributed by atoms with Crippen LogP contribution in [0.1, 0.15) is 26.0 Å². The molecule has 0 bridgehead atoms. The molecule has 0 amide bonds. The van der Waals surface area contributed by atoms with E-state index in [4.69, 9.17) is 16.0 Å². The van der Waals surface area contributed by atoms with Crippen molar-refractivity contribution in [2.75, 3.05) is 18.8 Å². The highest BCUT2D eigenvalue weighted by atomic mass is 79.9. The Kier molecular flexibility index (Phi) is 5.17. The van der Waals surface area contributed by atoms with Gasteiger partial charge in [0.25, 0.3) is 0 Å². The topological polar surface area (TPSA) is 50.5 Å². The molecule has 20 heavy (non-hydrogen) atoms. The summed E-state index contributed by atoms with van der Waals surface area (Å²) in [6.45, 7) is 5.33. The van der Waals surface area contributed by atoms with Crippen LogP contribution in [0, 0.1) is 0 Å². The molecule has 1 saturated heterocycles. The van der Waals surface area contributed by atoms with Crippen molar-refractivity contribution in [1.82, 2.24) is 4.31 Å². The van der Waals surface area contributed by atoms with Gasteiger partial charge in [0.05, 0.1) is 5.88 Å². The zero-order chi connectivity index (χ0) is 15.0. The van der Waals surface area contributed by atoms with Gasteiger partial charge in [0.15, 0.2) is 4.67 Å². The van der Waals surface area contributed by atoms with E-state index in [1.807, 2.05) is 11.8 Å². The minimum atomic E-state index is -3.53. The van der Waals surface area contributed by atoms with Gasteiger partial charge in [-0.05, 0) is 22.4 Å². The predicted molar refractivity (Wildman–Crippen MR) is 85.9 cm³/mol. The van der Waals surface area contributed by atoms with Gasteiger partial charge in [-0.1, -0.05) is 13.8 Å². The van der Waals surface area contributed by atoms with Crippen molar-refractivity contribution in [2.45, 2.75) is 35.8 Å². The van der Waals surface area contributed by atoms with Crippen molar-refractivity contribution >= 4 is 49.3 Å². The summed E-state index contributed by atoms with van der Waals surface area (Å²) in [5.41, 5.74) is 0. The second-order valence-electron chi connectivity index (χ2n) is 5.25. The summed E-state index contributed by atoms with van der Waals surface area (Å²) >= 11 is 10.7. The van der Waals surface area contributed by atoms with Crippen LogP contribution in [0.2, 0.25) is 0 Å². The molecule has 1 aliphatic heterocycles. The van der Waals surface area contributed by atoms with Crippen molar-refractivity contribution in [3.63, 3.8) is 0 Å². The lowest BCUT2D eigenvalue weighted by Crippen LogP contribution is -2.33. The summed E-state index contributed by atoms with van der Waals surface area (Å²) in [4.78, 5) is 0.165. The molecule has 1 fully saturated rings. The third-order valence-corrected chi connectivity index (χ3v) is 7.64. The van der Waals surface area contributed by atoms with Gasteiger partial charge in [-0.15, -0.1) is 11.6 Å². The lowest BCUT2D eigenvalue weighted by atomic mass is 10.1. The van der Waals surface area contributed by atoms with E-state index in [0.29, 0.717) is 18.8 Å². The summed E-state index contributed by atoms with van der Waals surface area (Å²) in [5, 5.41) is 0. The molecule has 0 atom stereocenters. The number of sulfonamides is 1. The van der Waals surface area contributed by atoms with E-state index in [1.54, 1.807) is 0 Å². The molecule has 0 N–H and O–H groups in total. The highest BCUT2D eigenvalue weighted by Gasteiger charge is 2.33. The molecular formula is C12H17BrClNO3S2. The van der Waals surface area contributed by atoms with Crippen LogP contribution in [0.3, 0.4) is 0 Å². The molecule has 1 aliphatic rings. The van der Waals surface area contributed by atoms with E-state index in [2.05, 4.69) is 29.8 Å². The quantitative estimate of drug-likeness (QED) is 0.724. The molecule has 114 valence electrons. The fourth-order valence-electron chi connectivity index (χ4n) is 2.02. The van der Waals surface area contributed by atoms with Gasteiger partial charge in [0.1, 0.15) is 10.7 Å². The fraction of sp³-hybridized carbons (Fsp3) is 0.667. The Bertz CT molecular complexity index is 586. The summed E-state index contributed by atoms with van der Waals surface area (Å²) in [6, 6.07) is 1.50. The second kappa shape index (κ2) is 6.20. The fourth-order valence-corrected chi connectivity index (χ4v) is 5.77. The summed E-state index contributed by atoms with van der Waals surface area (Å²) < 4.78 is 32.5. The molecule has 0 aliphatic carbocycles. The van der Waals surface area contributed by atoms with Crippen molar-refractivity contribution in [3.05, 3.63) is 16.5 Å². The second-order valence-corrected chi connectivity index (χ2v) is 9.94. The molecule has 1 aromatic rings. The first-order valence-electron chi connectivity index (χ1n) is 6.24. The van der Waals surface area contributed by atoms with Crippen molar-refractivity contribution < 1.29 is 12.8 Å². The zero-order valence-electron chi connectivity index (χ0n) is 11.4. The summed E-state index contributed by atoms with van der Waals surface area (Å²) in [5.74, 6) is 1.39. The van der Waals surface area contributed by atoms with Gasteiger partial charge in [-0.2, -0.15) is 16.1 Å². The summed E-state index contributed by atoms with van der Waals surface area (Å²) in [7, 11) is -3.53. The van der Waals surface area contributed by atoms with E-state index in [9.17, 15) is 8.42 Å². The molecule has 0 saturated carbocycles. The number of hydrogen-bond donors (Lipinski definition) is 0. The molecule has 2 rings (SSSR count). The van der Waals surface area contributed by atoms with E-state index in [0.717, 1.165) is 12.2 Å². The molecule has 4 nitrogen and oxygen atoms in total. The summed E-state index contributed by atoms with van der Waals surface area (Å²) in [6.07, 6.45) is 0.828. The first-order valence-corrected chi connectivity index (χ1v) is 10.00. The standard InChI is InChI=1S/C12H17BrClNO3S2/c1-12(2)3-4-15(5-6-19-12)20(16,17)10-7-9(8-14)18-11(10)13/h7H,3-6,8H2,1-2H3. The monoisotopic (exact) mass is 401 g/mol. The Morgan fingerprint density at radius 1 is 1.50 bits per heavy atom. The number of rotatable bonds is 3. The van der Waals surface area contributed by atoms with Crippen LogP contribution in [0.25, 0.3) is 0 Å². The maximum atomic E-state index is 12.7. The van der Waals surface area contributed by atoms with Crippen molar-refractivity contribution in [2.24, 2.45) is 0 Å². The zero-order valence-corrected chi connectivity index (χ0v) is 15.3. The van der Waals surface area contributed by atoms with Crippen LogP contribution < -0.4 is 0 Å². The van der Waals surface area contributed by atoms with Crippen molar-refractivity contribution in [1.29, 1.82) is 0 Å². The molecule has 1 aromatic heterocycles. The molecule has 0 spiro atoms. The van der Waals surface area contributed by atoms with E-state index in [-0.39, 0.29) is 20.2 Å². The molecule has 8 heteroatoms. The average Bonchev–Trinajstić information content (AvgIpc) is 2.64. The number of alkyl halides is 1. The van der Waals surface area contributed by atoms with Crippen LogP contribution in [0.4, 0.5) is 0 Å². The first-order chi connectivity index (χ1) is 9.26. The van der Waals surface area contributed by atoms with Crippen LogP contribution >= 0.6 is 39.3 Å². The Morgan fingerprint density at radius 3 is 2.80 bits per heavy atom. The third kappa shape index (κ3) is 3.55. The van der Waals surface area contributed by atoms with E-state index < -0.39 is 10.0 Å². The predicted octanol–water partition coefficient (Wildman–Crippen LogP) is 3.69. The van der Waals surface area contributed by atoms with Gasteiger partial charge in [-0.25, -0.2) is 8.42 Å². The van der Waals surface area contributed by atoms with Gasteiger partial charge >= 0.3 is 0 Å². The largest absolute Gasteiger partial charge is 0.452 e. The Labute approximate surface area is 137 Å². The SMILES string of the molecule is CC1(C)CCN(S(=O)(=O)c2cc(CCl)oc2Br)CCS1. The number of nitrogens with zero attached hydrogens (tertiary/aromatic N) is 1. The smallest absolute Gasteiger partial charge is 0.247 e. The highest BCUT2D eigenvalue weighted by Crippen LogP contribution is 2.34. The normalized spacial score (nSPS) is 20.8. The van der Waals surface area contributed by atoms with Crippen LogP contribution in [0.5, 0.6) is 0 Å². The molecular weight excluding hydrogens is 386 g/mol. The minimum Gasteiger partial charge on any atom is -0.452 e. The highest BCUT2D eigenvalue weighted by molar-refractivity contribution is 9.10. The number of hydrogen-bond acceptors (Lipinski definition) is 4. The Morgan fingerprint density at radius 2 is 2.20 bits per heavy atom. The number of furan rings is 1. The lowest BCUT2D eigenvalue weighted by molar-refractivity contribution is 0.413. The average molecular weight is 403 g/mol. The Balaban J connectivity index is 2.28. The lowest BCUT2D eigenvalue weighted by Gasteiger charge is -2.22. The minimum absolute atomic E-state index is 0.110. The number of thioether (sulfide) groups is 1. The number of halogens is 2. The van der Waals surface area contributed by atoms with Gasteiger partial charge in [-0.3, -0.25) is 0 Å². The van der Waals surface area contributed by atoms with Crippen LogP contribution in [-0.4, -0.2) is 36.3 Å². The van der Waals surface area contributed by atoms with Gasteiger partial charge < -0.3 is 4.42 Å². The van der Waals surface area contributed by atoms with Gasteiger partial charge in [0, 0.05) is 29.7 Å². The van der Waals surface area contributed by atoms with E-state index in [1.165, 1.54) is 10.4 Å². The van der Waals surface area contributed by atoms with E-state index >= 15 is 0 Å². The molecule has 0 aromatic carbocycles. The van der Waals surface area contributed by atoms with Gasteiger partial charge in [0.2, 0.25) is 10.0 Å². The molecule has 2 heterocycles. The third-order valence-electron chi connectivity index (χ3n) is 3.25. The Hall–Kier alpha value is 0.310. The maximum absolute atomic E-state index is 12.7.